The molecule has 1 amide bonds. The standard InChI is InChI=1S/C20H22N2O5/c1-24-17-10-14(11-18(25-2)19(17)26-3)16-12-15(13-8-6-5-7-9-13)21-22(16)20(23)27-4/h5-11,16H,12H2,1-4H3. The fourth-order valence-electron chi connectivity index (χ4n) is 3.13. The van der Waals surface area contributed by atoms with Gasteiger partial charge in [-0.25, -0.2) is 4.79 Å². The van der Waals surface area contributed by atoms with Gasteiger partial charge in [-0.2, -0.15) is 10.1 Å². The van der Waals surface area contributed by atoms with E-state index in [4.69, 9.17) is 18.9 Å². The lowest BCUT2D eigenvalue weighted by Crippen LogP contribution is -2.26. The van der Waals surface area contributed by atoms with E-state index in [9.17, 15) is 4.79 Å². The van der Waals surface area contributed by atoms with E-state index < -0.39 is 6.09 Å². The van der Waals surface area contributed by atoms with Crippen LogP contribution in [0.15, 0.2) is 47.6 Å². The Morgan fingerprint density at radius 1 is 1.00 bits per heavy atom. The first-order valence-electron chi connectivity index (χ1n) is 8.42. The van der Waals surface area contributed by atoms with Gasteiger partial charge in [0.1, 0.15) is 0 Å². The Kier molecular flexibility index (Phi) is 5.49. The molecule has 0 N–H and O–H groups in total. The number of hydrazone groups is 1. The summed E-state index contributed by atoms with van der Waals surface area (Å²) in [6.07, 6.45) is 0.0114. The van der Waals surface area contributed by atoms with Crippen molar-refractivity contribution in [2.45, 2.75) is 12.5 Å². The van der Waals surface area contributed by atoms with Gasteiger partial charge in [0.2, 0.25) is 5.75 Å². The summed E-state index contributed by atoms with van der Waals surface area (Å²) in [7, 11) is 6.00. The molecule has 1 heterocycles. The van der Waals surface area contributed by atoms with Gasteiger partial charge in [0.15, 0.2) is 11.5 Å². The molecule has 1 aliphatic heterocycles. The monoisotopic (exact) mass is 370 g/mol. The van der Waals surface area contributed by atoms with Gasteiger partial charge in [-0.05, 0) is 23.3 Å². The summed E-state index contributed by atoms with van der Waals surface area (Å²) in [5.74, 6) is 1.53. The maximum atomic E-state index is 12.3. The molecule has 1 atom stereocenters. The van der Waals surface area contributed by atoms with Crippen molar-refractivity contribution in [3.8, 4) is 17.2 Å². The molecule has 0 fully saturated rings. The third-order valence-electron chi connectivity index (χ3n) is 4.45. The molecule has 0 saturated heterocycles. The van der Waals surface area contributed by atoms with Crippen molar-refractivity contribution in [1.82, 2.24) is 5.01 Å². The minimum absolute atomic E-state index is 0.346. The summed E-state index contributed by atoms with van der Waals surface area (Å²) in [5, 5.41) is 5.85. The molecule has 0 aromatic heterocycles. The highest BCUT2D eigenvalue weighted by Crippen LogP contribution is 2.43. The van der Waals surface area contributed by atoms with Crippen LogP contribution >= 0.6 is 0 Å². The number of rotatable bonds is 5. The summed E-state index contributed by atoms with van der Waals surface area (Å²) >= 11 is 0. The van der Waals surface area contributed by atoms with Gasteiger partial charge in [-0.1, -0.05) is 30.3 Å². The molecule has 1 unspecified atom stereocenters. The van der Waals surface area contributed by atoms with Crippen molar-refractivity contribution in [3.05, 3.63) is 53.6 Å². The van der Waals surface area contributed by atoms with Gasteiger partial charge in [-0.15, -0.1) is 0 Å². The molecular weight excluding hydrogens is 348 g/mol. The third-order valence-corrected chi connectivity index (χ3v) is 4.45. The van der Waals surface area contributed by atoms with Gasteiger partial charge in [0, 0.05) is 6.42 Å². The number of nitrogens with zero attached hydrogens (tertiary/aromatic N) is 2. The molecule has 1 aliphatic rings. The van der Waals surface area contributed by atoms with E-state index in [1.807, 2.05) is 42.5 Å². The number of hydrogen-bond donors (Lipinski definition) is 0. The first-order chi connectivity index (χ1) is 13.1. The van der Waals surface area contributed by atoms with Crippen molar-refractivity contribution in [1.29, 1.82) is 0 Å². The molecule has 0 bridgehead atoms. The fourth-order valence-corrected chi connectivity index (χ4v) is 3.13. The highest BCUT2D eigenvalue weighted by Gasteiger charge is 2.35. The molecule has 2 aromatic rings. The van der Waals surface area contributed by atoms with E-state index in [0.29, 0.717) is 23.7 Å². The first-order valence-corrected chi connectivity index (χ1v) is 8.42. The van der Waals surface area contributed by atoms with Crippen LogP contribution in [0.4, 0.5) is 4.79 Å². The van der Waals surface area contributed by atoms with Gasteiger partial charge < -0.3 is 18.9 Å². The van der Waals surface area contributed by atoms with E-state index in [1.54, 1.807) is 21.3 Å². The average molecular weight is 370 g/mol. The second-order valence-electron chi connectivity index (χ2n) is 5.91. The second kappa shape index (κ2) is 7.99. The molecule has 2 aromatic carbocycles. The predicted molar refractivity (Wildman–Crippen MR) is 101 cm³/mol. The van der Waals surface area contributed by atoms with Crippen molar-refractivity contribution >= 4 is 11.8 Å². The lowest BCUT2D eigenvalue weighted by Gasteiger charge is -2.22. The van der Waals surface area contributed by atoms with Crippen LogP contribution in [0.1, 0.15) is 23.6 Å². The second-order valence-corrected chi connectivity index (χ2v) is 5.91. The minimum atomic E-state index is -0.528. The Labute approximate surface area is 158 Å². The third kappa shape index (κ3) is 3.53. The molecule has 27 heavy (non-hydrogen) atoms. The predicted octanol–water partition coefficient (Wildman–Crippen LogP) is 3.63. The first kappa shape index (κ1) is 18.6. The summed E-state index contributed by atoms with van der Waals surface area (Å²) < 4.78 is 21.2. The Morgan fingerprint density at radius 2 is 1.63 bits per heavy atom. The molecular formula is C20H22N2O5. The van der Waals surface area contributed by atoms with E-state index in [1.165, 1.54) is 12.1 Å². The lowest BCUT2D eigenvalue weighted by atomic mass is 9.98. The Balaban J connectivity index is 2.03. The Bertz CT molecular complexity index is 826. The van der Waals surface area contributed by atoms with Crippen LogP contribution in [0.2, 0.25) is 0 Å². The average Bonchev–Trinajstić information content (AvgIpc) is 3.18. The molecule has 7 heteroatoms. The molecule has 0 saturated carbocycles. The van der Waals surface area contributed by atoms with Crippen molar-refractivity contribution < 1.29 is 23.7 Å². The zero-order valence-electron chi connectivity index (χ0n) is 15.8. The van der Waals surface area contributed by atoms with Crippen LogP contribution in [0.25, 0.3) is 0 Å². The van der Waals surface area contributed by atoms with E-state index >= 15 is 0 Å². The topological polar surface area (TPSA) is 69.6 Å². The summed E-state index contributed by atoms with van der Waals surface area (Å²) in [6.45, 7) is 0. The number of methoxy groups -OCH3 is 4. The maximum absolute atomic E-state index is 12.3. The van der Waals surface area contributed by atoms with Crippen LogP contribution in [0.3, 0.4) is 0 Å². The van der Waals surface area contributed by atoms with E-state index in [0.717, 1.165) is 16.8 Å². The molecule has 3 rings (SSSR count). The van der Waals surface area contributed by atoms with Gasteiger partial charge in [0.25, 0.3) is 0 Å². The normalized spacial score (nSPS) is 15.9. The summed E-state index contributed by atoms with van der Waals surface area (Å²) in [4.78, 5) is 12.3. The Hall–Kier alpha value is -3.22. The number of ether oxygens (including phenoxy) is 4. The Morgan fingerprint density at radius 3 is 2.15 bits per heavy atom. The maximum Gasteiger partial charge on any atom is 0.430 e. The quantitative estimate of drug-likeness (QED) is 0.804. The molecule has 0 aliphatic carbocycles. The molecule has 0 radical (unpaired) electrons. The van der Waals surface area contributed by atoms with E-state index in [2.05, 4.69) is 5.10 Å². The molecule has 0 spiro atoms. The van der Waals surface area contributed by atoms with Crippen molar-refractivity contribution in [2.24, 2.45) is 5.10 Å². The van der Waals surface area contributed by atoms with Crippen LogP contribution in [-0.4, -0.2) is 45.3 Å². The largest absolute Gasteiger partial charge is 0.493 e. The van der Waals surface area contributed by atoms with Crippen molar-refractivity contribution in [2.75, 3.05) is 28.4 Å². The summed E-state index contributed by atoms with van der Waals surface area (Å²) in [5.41, 5.74) is 2.57. The van der Waals surface area contributed by atoms with Crippen LogP contribution in [-0.2, 0) is 4.74 Å². The zero-order valence-corrected chi connectivity index (χ0v) is 15.8. The lowest BCUT2D eigenvalue weighted by molar-refractivity contribution is 0.113. The highest BCUT2D eigenvalue weighted by molar-refractivity contribution is 6.02. The number of amides is 1. The number of carbonyl (C=O) groups is 1. The van der Waals surface area contributed by atoms with Crippen LogP contribution < -0.4 is 14.2 Å². The fraction of sp³-hybridized carbons (Fsp3) is 0.300. The van der Waals surface area contributed by atoms with Crippen LogP contribution in [0.5, 0.6) is 17.2 Å². The summed E-state index contributed by atoms with van der Waals surface area (Å²) in [6, 6.07) is 13.0. The van der Waals surface area contributed by atoms with E-state index in [-0.39, 0.29) is 6.04 Å². The smallest absolute Gasteiger partial charge is 0.430 e. The number of hydrogen-bond acceptors (Lipinski definition) is 6. The number of carbonyl (C=O) groups excluding carboxylic acids is 1. The van der Waals surface area contributed by atoms with Gasteiger partial charge in [-0.3, -0.25) is 0 Å². The molecule has 7 nitrogen and oxygen atoms in total. The highest BCUT2D eigenvalue weighted by atomic mass is 16.5. The molecule has 142 valence electrons. The minimum Gasteiger partial charge on any atom is -0.493 e. The van der Waals surface area contributed by atoms with Gasteiger partial charge >= 0.3 is 6.09 Å². The van der Waals surface area contributed by atoms with Crippen molar-refractivity contribution in [3.63, 3.8) is 0 Å². The van der Waals surface area contributed by atoms with Crippen LogP contribution in [0, 0.1) is 0 Å². The zero-order chi connectivity index (χ0) is 19.4. The number of benzene rings is 2. The SMILES string of the molecule is COC(=O)N1N=C(c2ccccc2)CC1c1cc(OC)c(OC)c(OC)c1. The van der Waals surface area contributed by atoms with Gasteiger partial charge in [0.05, 0.1) is 40.2 Å².